The van der Waals surface area contributed by atoms with Crippen LogP contribution in [-0.4, -0.2) is 63.7 Å². The van der Waals surface area contributed by atoms with Gasteiger partial charge in [0.1, 0.15) is 23.0 Å². The van der Waals surface area contributed by atoms with Crippen molar-refractivity contribution in [2.75, 3.05) is 33.2 Å². The van der Waals surface area contributed by atoms with Gasteiger partial charge < -0.3 is 18.8 Å². The van der Waals surface area contributed by atoms with E-state index in [2.05, 4.69) is 26.7 Å². The highest BCUT2D eigenvalue weighted by atomic mass is 16.3. The maximum Gasteiger partial charge on any atom is 0.253 e. The van der Waals surface area contributed by atoms with E-state index in [0.717, 1.165) is 60.9 Å². The number of likely N-dealkylation sites (N-methyl/N-ethyl adjacent to an activating group) is 1. The lowest BCUT2D eigenvalue weighted by Crippen LogP contribution is -2.34. The Hall–Kier alpha value is -2.67. The number of nitrogens with zero attached hydrogens (tertiary/aromatic N) is 5. The third-order valence-electron chi connectivity index (χ3n) is 6.22. The number of fused-ring (bicyclic) bond motifs is 2. The number of aryl methyl sites for hydroxylation is 1. The van der Waals surface area contributed by atoms with E-state index < -0.39 is 0 Å². The van der Waals surface area contributed by atoms with Crippen LogP contribution in [0.1, 0.15) is 46.5 Å². The van der Waals surface area contributed by atoms with Crippen LogP contribution in [0.2, 0.25) is 0 Å². The van der Waals surface area contributed by atoms with E-state index in [9.17, 15) is 4.79 Å². The molecule has 0 spiro atoms. The molecule has 0 radical (unpaired) electrons. The molecule has 0 N–H and O–H groups in total. The molecule has 0 aliphatic carbocycles. The largest absolute Gasteiger partial charge is 0.461 e. The molecule has 0 bridgehead atoms. The number of amides is 1. The lowest BCUT2D eigenvalue weighted by atomic mass is 9.97. The highest BCUT2D eigenvalue weighted by Crippen LogP contribution is 2.27. The molecular formula is C22H27N5O2. The average molecular weight is 393 g/mol. The summed E-state index contributed by atoms with van der Waals surface area (Å²) in [5.41, 5.74) is 1.54. The number of likely N-dealkylation sites (tertiary alicyclic amines) is 1. The van der Waals surface area contributed by atoms with E-state index in [0.29, 0.717) is 24.6 Å². The van der Waals surface area contributed by atoms with Gasteiger partial charge in [-0.3, -0.25) is 4.79 Å². The van der Waals surface area contributed by atoms with Crippen molar-refractivity contribution in [3.8, 4) is 0 Å². The van der Waals surface area contributed by atoms with Crippen LogP contribution in [0.25, 0.3) is 11.0 Å². The van der Waals surface area contributed by atoms with Gasteiger partial charge in [-0.25, -0.2) is 0 Å². The summed E-state index contributed by atoms with van der Waals surface area (Å²) < 4.78 is 7.90. The van der Waals surface area contributed by atoms with Crippen molar-refractivity contribution in [1.82, 2.24) is 24.6 Å². The maximum atomic E-state index is 13.1. The number of hydrogen-bond acceptors (Lipinski definition) is 5. The summed E-state index contributed by atoms with van der Waals surface area (Å²) >= 11 is 0. The number of rotatable bonds is 2. The number of piperidine rings is 1. The van der Waals surface area contributed by atoms with Gasteiger partial charge >= 0.3 is 0 Å². The third-order valence-corrected chi connectivity index (χ3v) is 6.22. The van der Waals surface area contributed by atoms with Crippen molar-refractivity contribution in [2.45, 2.75) is 38.6 Å². The van der Waals surface area contributed by atoms with E-state index in [1.54, 1.807) is 0 Å². The molecule has 5 rings (SSSR count). The minimum Gasteiger partial charge on any atom is -0.461 e. The zero-order valence-electron chi connectivity index (χ0n) is 17.1. The van der Waals surface area contributed by atoms with Gasteiger partial charge in [-0.15, -0.1) is 10.2 Å². The van der Waals surface area contributed by atoms with E-state index in [-0.39, 0.29) is 5.91 Å². The predicted octanol–water partition coefficient (Wildman–Crippen LogP) is 2.84. The predicted molar refractivity (Wildman–Crippen MR) is 110 cm³/mol. The van der Waals surface area contributed by atoms with Crippen LogP contribution < -0.4 is 0 Å². The molecule has 2 aliphatic rings. The van der Waals surface area contributed by atoms with Crippen LogP contribution in [0, 0.1) is 6.92 Å². The number of hydrogen-bond donors (Lipinski definition) is 0. The van der Waals surface area contributed by atoms with Crippen molar-refractivity contribution in [3.05, 3.63) is 47.2 Å². The van der Waals surface area contributed by atoms with Crippen LogP contribution in [0.3, 0.4) is 0 Å². The summed E-state index contributed by atoms with van der Waals surface area (Å²) in [5.74, 6) is 3.46. The monoisotopic (exact) mass is 393 g/mol. The van der Waals surface area contributed by atoms with Crippen LogP contribution >= 0.6 is 0 Å². The summed E-state index contributed by atoms with van der Waals surface area (Å²) in [6.07, 6.45) is 3.10. The second-order valence-corrected chi connectivity index (χ2v) is 8.38. The molecule has 3 aromatic rings. The van der Waals surface area contributed by atoms with Gasteiger partial charge in [0.15, 0.2) is 0 Å². The molecule has 1 saturated heterocycles. The van der Waals surface area contributed by atoms with Gasteiger partial charge in [-0.1, -0.05) is 0 Å². The van der Waals surface area contributed by atoms with Gasteiger partial charge in [-0.2, -0.15) is 0 Å². The first-order chi connectivity index (χ1) is 14.1. The molecule has 1 atom stereocenters. The second kappa shape index (κ2) is 7.30. The lowest BCUT2D eigenvalue weighted by Gasteiger charge is -2.29. The van der Waals surface area contributed by atoms with Gasteiger partial charge in [0.2, 0.25) is 0 Å². The van der Waals surface area contributed by atoms with E-state index >= 15 is 0 Å². The highest BCUT2D eigenvalue weighted by molar-refractivity contribution is 5.97. The Morgan fingerprint density at radius 2 is 2.03 bits per heavy atom. The molecule has 0 saturated carbocycles. The summed E-state index contributed by atoms with van der Waals surface area (Å²) in [7, 11) is 2.17. The Morgan fingerprint density at radius 3 is 2.90 bits per heavy atom. The van der Waals surface area contributed by atoms with Crippen molar-refractivity contribution in [3.63, 3.8) is 0 Å². The van der Waals surface area contributed by atoms with E-state index in [4.69, 9.17) is 4.42 Å². The molecule has 1 fully saturated rings. The summed E-state index contributed by atoms with van der Waals surface area (Å²) in [4.78, 5) is 17.5. The molecule has 1 amide bonds. The number of aromatic nitrogens is 3. The maximum absolute atomic E-state index is 13.1. The molecule has 2 aliphatic heterocycles. The van der Waals surface area contributed by atoms with Crippen molar-refractivity contribution >= 4 is 16.9 Å². The quantitative estimate of drug-likeness (QED) is 0.670. The standard InChI is InChI=1S/C22H27N5O2/c1-15-12-18-13-16(5-6-19(18)29-15)22(28)26-9-7-20-23-24-21(27(20)11-10-26)17-4-3-8-25(2)14-17/h5-6,12-13,17H,3-4,7-11,14H2,1-2H3/t17-/m0/s1. The molecule has 152 valence electrons. The van der Waals surface area contributed by atoms with Gasteiger partial charge in [0, 0.05) is 49.5 Å². The number of carbonyl (C=O) groups is 1. The van der Waals surface area contributed by atoms with Crippen molar-refractivity contribution in [2.24, 2.45) is 0 Å². The zero-order valence-corrected chi connectivity index (χ0v) is 17.1. The van der Waals surface area contributed by atoms with E-state index in [1.165, 1.54) is 6.42 Å². The molecule has 29 heavy (non-hydrogen) atoms. The van der Waals surface area contributed by atoms with Crippen molar-refractivity contribution < 1.29 is 9.21 Å². The van der Waals surface area contributed by atoms with E-state index in [1.807, 2.05) is 36.1 Å². The Labute approximate surface area is 170 Å². The normalized spacial score (nSPS) is 20.6. The van der Waals surface area contributed by atoms with Gasteiger partial charge in [0.05, 0.1) is 0 Å². The lowest BCUT2D eigenvalue weighted by molar-refractivity contribution is 0.0758. The second-order valence-electron chi connectivity index (χ2n) is 8.38. The fraction of sp³-hybridized carbons (Fsp3) is 0.500. The first-order valence-corrected chi connectivity index (χ1v) is 10.5. The smallest absolute Gasteiger partial charge is 0.253 e. The van der Waals surface area contributed by atoms with Crippen LogP contribution in [0.4, 0.5) is 0 Å². The van der Waals surface area contributed by atoms with Gasteiger partial charge in [0.25, 0.3) is 5.91 Å². The molecule has 4 heterocycles. The number of benzene rings is 1. The Balaban J connectivity index is 1.34. The first-order valence-electron chi connectivity index (χ1n) is 10.5. The zero-order chi connectivity index (χ0) is 20.0. The average Bonchev–Trinajstić information content (AvgIpc) is 3.22. The fourth-order valence-corrected chi connectivity index (χ4v) is 4.72. The topological polar surface area (TPSA) is 67.4 Å². The highest BCUT2D eigenvalue weighted by Gasteiger charge is 2.28. The number of carbonyl (C=O) groups excluding carboxylic acids is 1. The first kappa shape index (κ1) is 18.4. The minimum absolute atomic E-state index is 0.0726. The van der Waals surface area contributed by atoms with Crippen LogP contribution in [0.15, 0.2) is 28.7 Å². The SMILES string of the molecule is Cc1cc2cc(C(=O)N3CCc4nnc([C@H]5CCCN(C)C5)n4CC3)ccc2o1. The fourth-order valence-electron chi connectivity index (χ4n) is 4.72. The molecular weight excluding hydrogens is 366 g/mol. The molecule has 7 nitrogen and oxygen atoms in total. The third kappa shape index (κ3) is 3.44. The number of furan rings is 1. The summed E-state index contributed by atoms with van der Waals surface area (Å²) in [5, 5.41) is 9.98. The Morgan fingerprint density at radius 1 is 1.14 bits per heavy atom. The van der Waals surface area contributed by atoms with Crippen molar-refractivity contribution in [1.29, 1.82) is 0 Å². The summed E-state index contributed by atoms with van der Waals surface area (Å²) in [6, 6.07) is 7.66. The Kier molecular flexibility index (Phi) is 4.62. The minimum atomic E-state index is 0.0726. The van der Waals surface area contributed by atoms with Gasteiger partial charge in [-0.05, 0) is 57.6 Å². The molecule has 1 aromatic carbocycles. The van der Waals surface area contributed by atoms with Crippen LogP contribution in [0.5, 0.6) is 0 Å². The molecule has 2 aromatic heterocycles. The molecule has 0 unspecified atom stereocenters. The van der Waals surface area contributed by atoms with Crippen LogP contribution in [-0.2, 0) is 13.0 Å². The molecule has 7 heteroatoms. The summed E-state index contributed by atoms with van der Waals surface area (Å²) in [6.45, 7) is 6.22. The Bertz CT molecular complexity index is 1050.